The lowest BCUT2D eigenvalue weighted by Crippen LogP contribution is -2.35. The minimum atomic E-state index is -0.779. The number of carbonyl (C=O) groups excluding carboxylic acids is 1. The van der Waals surface area contributed by atoms with Crippen LogP contribution < -0.4 is 5.32 Å². The minimum absolute atomic E-state index is 0.129. The van der Waals surface area contributed by atoms with Crippen LogP contribution in [-0.2, 0) is 9.59 Å². The highest BCUT2D eigenvalue weighted by Crippen LogP contribution is 2.12. The number of carboxylic acids is 1. The van der Waals surface area contributed by atoms with Crippen LogP contribution >= 0.6 is 0 Å². The van der Waals surface area contributed by atoms with Crippen molar-refractivity contribution in [1.82, 2.24) is 10.2 Å². The van der Waals surface area contributed by atoms with E-state index >= 15 is 0 Å². The zero-order valence-electron chi connectivity index (χ0n) is 19.3. The van der Waals surface area contributed by atoms with Crippen molar-refractivity contribution in [3.8, 4) is 0 Å². The van der Waals surface area contributed by atoms with E-state index in [1.165, 1.54) is 51.4 Å². The van der Waals surface area contributed by atoms with Crippen molar-refractivity contribution in [2.24, 2.45) is 0 Å². The fourth-order valence-electron chi connectivity index (χ4n) is 3.45. The average Bonchev–Trinajstić information content (AvgIpc) is 2.67. The van der Waals surface area contributed by atoms with Crippen LogP contribution in [0.25, 0.3) is 0 Å². The fourth-order valence-corrected chi connectivity index (χ4v) is 3.45. The van der Waals surface area contributed by atoms with Crippen LogP contribution in [0.1, 0.15) is 103 Å². The van der Waals surface area contributed by atoms with Gasteiger partial charge in [0.2, 0.25) is 5.91 Å². The highest BCUT2D eigenvalue weighted by atomic mass is 16.4. The lowest BCUT2D eigenvalue weighted by Gasteiger charge is -2.19. The molecule has 29 heavy (non-hydrogen) atoms. The van der Waals surface area contributed by atoms with Gasteiger partial charge < -0.3 is 10.4 Å². The molecular weight excluding hydrogens is 364 g/mol. The highest BCUT2D eigenvalue weighted by molar-refractivity contribution is 5.75. The first kappa shape index (κ1) is 27.6. The molecule has 0 aliphatic heterocycles. The van der Waals surface area contributed by atoms with Crippen molar-refractivity contribution in [1.29, 1.82) is 0 Å². The number of amides is 1. The lowest BCUT2D eigenvalue weighted by molar-refractivity contribution is -0.142. The minimum Gasteiger partial charge on any atom is -0.480 e. The number of nitrogens with one attached hydrogen (secondary N) is 1. The molecule has 1 amide bonds. The molecule has 0 saturated heterocycles. The third kappa shape index (κ3) is 18.4. The summed E-state index contributed by atoms with van der Waals surface area (Å²) in [5.41, 5.74) is 0. The predicted molar refractivity (Wildman–Crippen MR) is 122 cm³/mol. The fraction of sp³-hybridized carbons (Fsp3) is 0.833. The van der Waals surface area contributed by atoms with Gasteiger partial charge in [0.05, 0.1) is 0 Å². The van der Waals surface area contributed by atoms with Crippen molar-refractivity contribution in [2.45, 2.75) is 109 Å². The summed E-state index contributed by atoms with van der Waals surface area (Å²) in [6, 6.07) is -0.436. The van der Waals surface area contributed by atoms with Gasteiger partial charge >= 0.3 is 5.97 Å². The first-order chi connectivity index (χ1) is 14.0. The Bertz CT molecular complexity index is 436. The third-order valence-corrected chi connectivity index (χ3v) is 5.31. The van der Waals surface area contributed by atoms with E-state index in [0.717, 1.165) is 32.1 Å². The Hall–Kier alpha value is -1.36. The predicted octanol–water partition coefficient (Wildman–Crippen LogP) is 5.55. The van der Waals surface area contributed by atoms with Crippen LogP contribution in [0.2, 0.25) is 0 Å². The normalized spacial score (nSPS) is 12.6. The van der Waals surface area contributed by atoms with Crippen LogP contribution in [0.5, 0.6) is 0 Å². The molecule has 0 heterocycles. The highest BCUT2D eigenvalue weighted by Gasteiger charge is 2.18. The molecule has 0 aliphatic carbocycles. The van der Waals surface area contributed by atoms with E-state index in [4.69, 9.17) is 5.11 Å². The summed E-state index contributed by atoms with van der Waals surface area (Å²) in [5, 5.41) is 12.1. The SMILES string of the molecule is CC/C=C/CCCCCCCCCCCC(=O)NCCCC[C@@H](C(=O)O)N(C)C. The molecule has 5 nitrogen and oxygen atoms in total. The summed E-state index contributed by atoms with van der Waals surface area (Å²) < 4.78 is 0. The van der Waals surface area contributed by atoms with Gasteiger partial charge in [0.1, 0.15) is 6.04 Å². The first-order valence-electron chi connectivity index (χ1n) is 11.8. The zero-order chi connectivity index (χ0) is 21.7. The summed E-state index contributed by atoms with van der Waals surface area (Å²) >= 11 is 0. The smallest absolute Gasteiger partial charge is 0.320 e. The Morgan fingerprint density at radius 2 is 1.45 bits per heavy atom. The van der Waals surface area contributed by atoms with Crippen LogP contribution in [0, 0.1) is 0 Å². The standard InChI is InChI=1S/C24H46N2O3/c1-4-5-6-7-8-9-10-11-12-13-14-15-16-20-23(27)25-21-18-17-19-22(24(28)29)26(2)3/h5-6,22H,4,7-21H2,1-3H3,(H,25,27)(H,28,29)/b6-5+/t22-/m0/s1. The van der Waals surface area contributed by atoms with E-state index < -0.39 is 12.0 Å². The molecule has 0 radical (unpaired) electrons. The number of carbonyl (C=O) groups is 2. The average molecular weight is 411 g/mol. The molecule has 0 bridgehead atoms. The number of likely N-dealkylation sites (N-methyl/N-ethyl adjacent to an activating group) is 1. The van der Waals surface area contributed by atoms with Gasteiger partial charge in [0.25, 0.3) is 0 Å². The molecule has 2 N–H and O–H groups in total. The van der Waals surface area contributed by atoms with Crippen molar-refractivity contribution in [3.63, 3.8) is 0 Å². The molecule has 0 rings (SSSR count). The lowest BCUT2D eigenvalue weighted by atomic mass is 10.1. The molecule has 0 aromatic heterocycles. The van der Waals surface area contributed by atoms with Gasteiger partial charge in [0.15, 0.2) is 0 Å². The second-order valence-electron chi connectivity index (χ2n) is 8.26. The number of nitrogens with zero attached hydrogens (tertiary/aromatic N) is 1. The summed E-state index contributed by atoms with van der Waals surface area (Å²) in [7, 11) is 3.57. The number of allylic oxidation sites excluding steroid dienone is 2. The second kappa shape index (κ2) is 19.9. The molecule has 0 fully saturated rings. The maximum Gasteiger partial charge on any atom is 0.320 e. The Kier molecular flexibility index (Phi) is 19.0. The largest absolute Gasteiger partial charge is 0.480 e. The molecule has 170 valence electrons. The molecule has 0 aromatic carbocycles. The molecule has 5 heteroatoms. The number of aliphatic carboxylic acids is 1. The van der Waals surface area contributed by atoms with Gasteiger partial charge in [-0.05, 0) is 59.0 Å². The van der Waals surface area contributed by atoms with Gasteiger partial charge in [-0.1, -0.05) is 64.0 Å². The van der Waals surface area contributed by atoms with Crippen LogP contribution in [0.4, 0.5) is 0 Å². The second-order valence-corrected chi connectivity index (χ2v) is 8.26. The zero-order valence-corrected chi connectivity index (χ0v) is 19.3. The number of hydrogen-bond donors (Lipinski definition) is 2. The van der Waals surface area contributed by atoms with E-state index in [9.17, 15) is 9.59 Å². The van der Waals surface area contributed by atoms with Gasteiger partial charge in [-0.15, -0.1) is 0 Å². The van der Waals surface area contributed by atoms with Gasteiger partial charge in [-0.3, -0.25) is 14.5 Å². The monoisotopic (exact) mass is 410 g/mol. The van der Waals surface area contributed by atoms with Gasteiger partial charge in [0, 0.05) is 13.0 Å². The summed E-state index contributed by atoms with van der Waals surface area (Å²) in [5.74, 6) is -0.650. The Morgan fingerprint density at radius 3 is 2.00 bits per heavy atom. The molecule has 0 saturated carbocycles. The molecule has 1 atom stereocenters. The van der Waals surface area contributed by atoms with Crippen LogP contribution in [0.15, 0.2) is 12.2 Å². The quantitative estimate of drug-likeness (QED) is 0.204. The number of carboxylic acid groups (broad SMARTS) is 1. The topological polar surface area (TPSA) is 69.6 Å². The van der Waals surface area contributed by atoms with Crippen molar-refractivity contribution in [2.75, 3.05) is 20.6 Å². The Balaban J connectivity index is 3.38. The van der Waals surface area contributed by atoms with Gasteiger partial charge in [-0.2, -0.15) is 0 Å². The van der Waals surface area contributed by atoms with Crippen molar-refractivity contribution < 1.29 is 14.7 Å². The third-order valence-electron chi connectivity index (χ3n) is 5.31. The number of rotatable bonds is 20. The Labute approximate surface area is 179 Å². The van der Waals surface area contributed by atoms with Crippen molar-refractivity contribution in [3.05, 3.63) is 12.2 Å². The maximum atomic E-state index is 11.8. The summed E-state index contributed by atoms with van der Waals surface area (Å²) in [6.45, 7) is 2.82. The van der Waals surface area contributed by atoms with E-state index in [-0.39, 0.29) is 5.91 Å². The molecule has 0 spiro atoms. The number of unbranched alkanes of at least 4 members (excludes halogenated alkanes) is 10. The van der Waals surface area contributed by atoms with E-state index in [0.29, 0.717) is 19.4 Å². The molecule has 0 aromatic rings. The van der Waals surface area contributed by atoms with Gasteiger partial charge in [-0.25, -0.2) is 0 Å². The van der Waals surface area contributed by atoms with E-state index in [1.54, 1.807) is 19.0 Å². The van der Waals surface area contributed by atoms with Crippen molar-refractivity contribution >= 4 is 11.9 Å². The maximum absolute atomic E-state index is 11.8. The molecule has 0 aliphatic rings. The first-order valence-corrected chi connectivity index (χ1v) is 11.8. The van der Waals surface area contributed by atoms with Crippen LogP contribution in [-0.4, -0.2) is 48.6 Å². The molecular formula is C24H46N2O3. The summed E-state index contributed by atoms with van der Waals surface area (Å²) in [4.78, 5) is 24.7. The Morgan fingerprint density at radius 1 is 0.862 bits per heavy atom. The summed E-state index contributed by atoms with van der Waals surface area (Å²) in [6.07, 6.45) is 21.1. The number of hydrogen-bond acceptors (Lipinski definition) is 3. The van der Waals surface area contributed by atoms with E-state index in [1.807, 2.05) is 0 Å². The van der Waals surface area contributed by atoms with Crippen LogP contribution in [0.3, 0.4) is 0 Å². The molecule has 0 unspecified atom stereocenters. The van der Waals surface area contributed by atoms with E-state index in [2.05, 4.69) is 24.4 Å².